The molecule has 0 bridgehead atoms. The van der Waals surface area contributed by atoms with Gasteiger partial charge in [-0.3, -0.25) is 0 Å². The minimum atomic E-state index is 0.694. The van der Waals surface area contributed by atoms with Crippen molar-refractivity contribution in [2.75, 3.05) is 0 Å². The number of hydrogen-bond acceptors (Lipinski definition) is 0. The van der Waals surface area contributed by atoms with E-state index in [2.05, 4.69) is 26.0 Å². The molecule has 0 spiro atoms. The highest BCUT2D eigenvalue weighted by Gasteiger charge is 2.45. The Labute approximate surface area is 69.7 Å². The van der Waals surface area contributed by atoms with E-state index in [-0.39, 0.29) is 0 Å². The van der Waals surface area contributed by atoms with E-state index in [0.717, 1.165) is 11.8 Å². The summed E-state index contributed by atoms with van der Waals surface area (Å²) in [7, 11) is 0. The van der Waals surface area contributed by atoms with Crippen LogP contribution in [0.3, 0.4) is 0 Å². The fraction of sp³-hybridized carbons (Fsp3) is 0.818. The second kappa shape index (κ2) is 2.36. The molecule has 0 heteroatoms. The van der Waals surface area contributed by atoms with Gasteiger partial charge in [0.25, 0.3) is 0 Å². The van der Waals surface area contributed by atoms with Crippen LogP contribution in [-0.2, 0) is 0 Å². The molecule has 2 aliphatic rings. The summed E-state index contributed by atoms with van der Waals surface area (Å²) in [5.74, 6) is 1.81. The second-order valence-electron chi connectivity index (χ2n) is 4.52. The zero-order valence-electron chi connectivity index (χ0n) is 7.64. The van der Waals surface area contributed by atoms with Crippen molar-refractivity contribution in [1.82, 2.24) is 0 Å². The summed E-state index contributed by atoms with van der Waals surface area (Å²) in [4.78, 5) is 0. The predicted molar refractivity (Wildman–Crippen MR) is 48.4 cm³/mol. The van der Waals surface area contributed by atoms with Gasteiger partial charge in [0, 0.05) is 0 Å². The highest BCUT2D eigenvalue weighted by molar-refractivity contribution is 5.12. The molecule has 2 rings (SSSR count). The summed E-state index contributed by atoms with van der Waals surface area (Å²) in [6.07, 6.45) is 10.6. The number of allylic oxidation sites excluding steroid dienone is 2. The first-order valence-electron chi connectivity index (χ1n) is 4.92. The lowest BCUT2D eigenvalue weighted by molar-refractivity contribution is 0.169. The second-order valence-corrected chi connectivity index (χ2v) is 4.52. The van der Waals surface area contributed by atoms with E-state index in [1.807, 2.05) is 0 Å². The first kappa shape index (κ1) is 7.39. The highest BCUT2D eigenvalue weighted by Crippen LogP contribution is 2.55. The van der Waals surface area contributed by atoms with Crippen LogP contribution >= 0.6 is 0 Å². The third-order valence-electron chi connectivity index (χ3n) is 3.91. The van der Waals surface area contributed by atoms with Gasteiger partial charge in [0.05, 0.1) is 0 Å². The van der Waals surface area contributed by atoms with Gasteiger partial charge in [-0.05, 0) is 36.5 Å². The molecule has 1 fully saturated rings. The van der Waals surface area contributed by atoms with Crippen molar-refractivity contribution >= 4 is 0 Å². The summed E-state index contributed by atoms with van der Waals surface area (Å²) in [6.45, 7) is 4.79. The van der Waals surface area contributed by atoms with E-state index in [1.165, 1.54) is 25.7 Å². The van der Waals surface area contributed by atoms with Crippen LogP contribution < -0.4 is 0 Å². The molecule has 62 valence electrons. The van der Waals surface area contributed by atoms with Crippen LogP contribution in [0.15, 0.2) is 12.2 Å². The lowest BCUT2D eigenvalue weighted by Gasteiger charge is -2.34. The van der Waals surface area contributed by atoms with E-state index in [0.29, 0.717) is 5.41 Å². The van der Waals surface area contributed by atoms with Crippen molar-refractivity contribution in [3.8, 4) is 0 Å². The molecular formula is C11H18. The molecule has 2 unspecified atom stereocenters. The molecule has 2 aliphatic carbocycles. The van der Waals surface area contributed by atoms with Crippen molar-refractivity contribution in [2.45, 2.75) is 39.5 Å². The minimum absolute atomic E-state index is 0.694. The Kier molecular flexibility index (Phi) is 1.59. The van der Waals surface area contributed by atoms with E-state index in [1.54, 1.807) is 0 Å². The molecule has 0 aromatic heterocycles. The molecule has 0 heterocycles. The quantitative estimate of drug-likeness (QED) is 0.503. The Bertz CT molecular complexity index is 178. The third kappa shape index (κ3) is 0.881. The van der Waals surface area contributed by atoms with E-state index < -0.39 is 0 Å². The standard InChI is InChI=1S/C11H18/c1-9(2)11-7-3-5-10(11)6-4-8-11/h3,5,9-10H,4,6-8H2,1-2H3. The number of hydrogen-bond donors (Lipinski definition) is 0. The van der Waals surface area contributed by atoms with Gasteiger partial charge in [-0.2, -0.15) is 0 Å². The van der Waals surface area contributed by atoms with Crippen LogP contribution in [-0.4, -0.2) is 0 Å². The van der Waals surface area contributed by atoms with Crippen LogP contribution in [0.25, 0.3) is 0 Å². The fourth-order valence-electron chi connectivity index (χ4n) is 3.07. The average molecular weight is 150 g/mol. The zero-order chi connectivity index (χ0) is 7.90. The Morgan fingerprint density at radius 2 is 2.27 bits per heavy atom. The molecule has 2 atom stereocenters. The maximum absolute atomic E-state index is 2.47. The normalized spacial score (nSPS) is 41.9. The smallest absolute Gasteiger partial charge is 0.0171 e. The Hall–Kier alpha value is -0.260. The van der Waals surface area contributed by atoms with Crippen LogP contribution in [0.1, 0.15) is 39.5 Å². The van der Waals surface area contributed by atoms with Crippen LogP contribution in [0.4, 0.5) is 0 Å². The van der Waals surface area contributed by atoms with Crippen molar-refractivity contribution in [2.24, 2.45) is 17.3 Å². The predicted octanol–water partition coefficient (Wildman–Crippen LogP) is 3.39. The molecule has 0 N–H and O–H groups in total. The van der Waals surface area contributed by atoms with Crippen LogP contribution in [0.5, 0.6) is 0 Å². The molecule has 0 aliphatic heterocycles. The van der Waals surface area contributed by atoms with Crippen molar-refractivity contribution in [3.63, 3.8) is 0 Å². The van der Waals surface area contributed by atoms with E-state index in [4.69, 9.17) is 0 Å². The highest BCUT2D eigenvalue weighted by atomic mass is 14.5. The first-order chi connectivity index (χ1) is 5.26. The molecule has 0 radical (unpaired) electrons. The SMILES string of the molecule is CC(C)C12CC=CC1CCC2. The van der Waals surface area contributed by atoms with Crippen molar-refractivity contribution in [3.05, 3.63) is 12.2 Å². The van der Waals surface area contributed by atoms with E-state index in [9.17, 15) is 0 Å². The van der Waals surface area contributed by atoms with Gasteiger partial charge in [0.1, 0.15) is 0 Å². The third-order valence-corrected chi connectivity index (χ3v) is 3.91. The van der Waals surface area contributed by atoms with Gasteiger partial charge < -0.3 is 0 Å². The minimum Gasteiger partial charge on any atom is -0.0877 e. The van der Waals surface area contributed by atoms with Gasteiger partial charge in [0.2, 0.25) is 0 Å². The maximum Gasteiger partial charge on any atom is -0.0171 e. The zero-order valence-corrected chi connectivity index (χ0v) is 7.64. The molecule has 0 nitrogen and oxygen atoms in total. The molecular weight excluding hydrogens is 132 g/mol. The topological polar surface area (TPSA) is 0 Å². The summed E-state index contributed by atoms with van der Waals surface area (Å²) in [5.41, 5.74) is 0.694. The largest absolute Gasteiger partial charge is 0.0877 e. The number of fused-ring (bicyclic) bond motifs is 1. The van der Waals surface area contributed by atoms with Gasteiger partial charge in [-0.1, -0.05) is 32.4 Å². The molecule has 11 heavy (non-hydrogen) atoms. The first-order valence-corrected chi connectivity index (χ1v) is 4.92. The summed E-state index contributed by atoms with van der Waals surface area (Å²) in [6, 6.07) is 0. The van der Waals surface area contributed by atoms with Crippen LogP contribution in [0, 0.1) is 17.3 Å². The fourth-order valence-corrected chi connectivity index (χ4v) is 3.07. The maximum atomic E-state index is 2.47. The van der Waals surface area contributed by atoms with Gasteiger partial charge >= 0.3 is 0 Å². The summed E-state index contributed by atoms with van der Waals surface area (Å²) in [5, 5.41) is 0. The molecule has 0 saturated heterocycles. The van der Waals surface area contributed by atoms with E-state index >= 15 is 0 Å². The lowest BCUT2D eigenvalue weighted by Crippen LogP contribution is -2.26. The van der Waals surface area contributed by atoms with Gasteiger partial charge in [-0.15, -0.1) is 0 Å². The van der Waals surface area contributed by atoms with Gasteiger partial charge in [-0.25, -0.2) is 0 Å². The summed E-state index contributed by atoms with van der Waals surface area (Å²) < 4.78 is 0. The molecule has 0 aromatic rings. The summed E-state index contributed by atoms with van der Waals surface area (Å²) >= 11 is 0. The van der Waals surface area contributed by atoms with Crippen molar-refractivity contribution in [1.29, 1.82) is 0 Å². The number of rotatable bonds is 1. The Morgan fingerprint density at radius 3 is 2.91 bits per heavy atom. The molecule has 0 amide bonds. The van der Waals surface area contributed by atoms with Crippen molar-refractivity contribution < 1.29 is 0 Å². The van der Waals surface area contributed by atoms with Crippen LogP contribution in [0.2, 0.25) is 0 Å². The average Bonchev–Trinajstić information content (AvgIpc) is 2.40. The Balaban J connectivity index is 2.23. The van der Waals surface area contributed by atoms with Gasteiger partial charge in [0.15, 0.2) is 0 Å². The lowest BCUT2D eigenvalue weighted by atomic mass is 9.71. The molecule has 1 saturated carbocycles. The molecule has 0 aromatic carbocycles. The Morgan fingerprint density at radius 1 is 1.45 bits per heavy atom. The monoisotopic (exact) mass is 150 g/mol.